The molecule has 11 heteroatoms. The van der Waals surface area contributed by atoms with Gasteiger partial charge in [-0.25, -0.2) is 0 Å². The van der Waals surface area contributed by atoms with Crippen molar-refractivity contribution in [3.63, 3.8) is 0 Å². The highest BCUT2D eigenvalue weighted by Crippen LogP contribution is 2.29. The van der Waals surface area contributed by atoms with Crippen LogP contribution in [0.4, 0.5) is 18.9 Å². The van der Waals surface area contributed by atoms with Crippen LogP contribution in [0.2, 0.25) is 10.0 Å². The third-order valence-electron chi connectivity index (χ3n) is 4.19. The Balaban J connectivity index is 1.68. The van der Waals surface area contributed by atoms with E-state index in [1.807, 2.05) is 0 Å². The predicted molar refractivity (Wildman–Crippen MR) is 103 cm³/mol. The number of rotatable bonds is 5. The van der Waals surface area contributed by atoms with Gasteiger partial charge in [0.2, 0.25) is 5.91 Å². The number of carbonyl (C=O) groups is 1. The first-order valence-corrected chi connectivity index (χ1v) is 9.21. The van der Waals surface area contributed by atoms with Crippen molar-refractivity contribution in [3.8, 4) is 0 Å². The number of benzene rings is 1. The van der Waals surface area contributed by atoms with Gasteiger partial charge >= 0.3 is 6.18 Å². The van der Waals surface area contributed by atoms with Crippen molar-refractivity contribution in [2.45, 2.75) is 32.6 Å². The second-order valence-corrected chi connectivity index (χ2v) is 7.27. The third-order valence-corrected chi connectivity index (χ3v) is 4.93. The molecule has 1 amide bonds. The van der Waals surface area contributed by atoms with Crippen LogP contribution >= 0.6 is 23.2 Å². The topological polar surface area (TPSA) is 64.7 Å². The fourth-order valence-electron chi connectivity index (χ4n) is 2.72. The van der Waals surface area contributed by atoms with Crippen LogP contribution in [-0.4, -0.2) is 25.5 Å². The highest BCUT2D eigenvalue weighted by Gasteiger charge is 2.35. The van der Waals surface area contributed by atoms with Gasteiger partial charge in [-0.2, -0.15) is 23.4 Å². The molecule has 3 aromatic rings. The Bertz CT molecular complexity index is 1040. The van der Waals surface area contributed by atoms with Crippen LogP contribution in [0.5, 0.6) is 0 Å². The van der Waals surface area contributed by atoms with E-state index < -0.39 is 23.8 Å². The van der Waals surface area contributed by atoms with Gasteiger partial charge in [-0.3, -0.25) is 14.2 Å². The number of nitrogens with zero attached hydrogens (tertiary/aromatic N) is 4. The third kappa shape index (κ3) is 4.91. The van der Waals surface area contributed by atoms with Crippen LogP contribution in [0, 0.1) is 6.92 Å². The van der Waals surface area contributed by atoms with E-state index in [2.05, 4.69) is 15.5 Å². The minimum atomic E-state index is -4.57. The van der Waals surface area contributed by atoms with Gasteiger partial charge in [0.15, 0.2) is 5.69 Å². The lowest BCUT2D eigenvalue weighted by Crippen LogP contribution is -2.25. The summed E-state index contributed by atoms with van der Waals surface area (Å²) in [5.74, 6) is -0.515. The molecule has 6 nitrogen and oxygen atoms in total. The molecule has 29 heavy (non-hydrogen) atoms. The normalized spacial score (nSPS) is 12.8. The number of amides is 1. The molecule has 1 atom stereocenters. The number of alkyl halides is 3. The van der Waals surface area contributed by atoms with Crippen LogP contribution in [0.25, 0.3) is 0 Å². The van der Waals surface area contributed by atoms with Gasteiger partial charge in [0, 0.05) is 11.9 Å². The van der Waals surface area contributed by atoms with E-state index in [1.165, 1.54) is 20.0 Å². The molecule has 154 valence electrons. The minimum Gasteiger partial charge on any atom is -0.322 e. The fraction of sp³-hybridized carbons (Fsp3) is 0.278. The lowest BCUT2D eigenvalue weighted by atomic mass is 10.2. The maximum Gasteiger partial charge on any atom is 0.435 e. The van der Waals surface area contributed by atoms with Crippen molar-refractivity contribution < 1.29 is 18.0 Å². The number of hydrogen-bond donors (Lipinski definition) is 1. The summed E-state index contributed by atoms with van der Waals surface area (Å²) in [4.78, 5) is 12.5. The van der Waals surface area contributed by atoms with Crippen molar-refractivity contribution >= 4 is 34.8 Å². The summed E-state index contributed by atoms with van der Waals surface area (Å²) in [6.45, 7) is 3.33. The number of hydrogen-bond acceptors (Lipinski definition) is 3. The lowest BCUT2D eigenvalue weighted by molar-refractivity contribution is -0.141. The maximum absolute atomic E-state index is 12.8. The van der Waals surface area contributed by atoms with E-state index in [0.29, 0.717) is 22.3 Å². The molecule has 0 spiro atoms. The van der Waals surface area contributed by atoms with Crippen LogP contribution in [0.1, 0.15) is 29.9 Å². The number of aromatic nitrogens is 4. The summed E-state index contributed by atoms with van der Waals surface area (Å²) in [5, 5.41) is 11.2. The zero-order valence-corrected chi connectivity index (χ0v) is 16.8. The zero-order valence-electron chi connectivity index (χ0n) is 15.3. The number of carbonyl (C=O) groups excluding carboxylic acids is 1. The molecule has 0 radical (unpaired) electrons. The Morgan fingerprint density at radius 3 is 2.59 bits per heavy atom. The second-order valence-electron chi connectivity index (χ2n) is 6.45. The van der Waals surface area contributed by atoms with Crippen molar-refractivity contribution in [3.05, 3.63) is 63.7 Å². The Kier molecular flexibility index (Phi) is 5.90. The van der Waals surface area contributed by atoms with Gasteiger partial charge in [0.1, 0.15) is 6.04 Å². The Hall–Kier alpha value is -2.52. The van der Waals surface area contributed by atoms with Crippen LogP contribution in [0.3, 0.4) is 0 Å². The minimum absolute atomic E-state index is 0.232. The highest BCUT2D eigenvalue weighted by atomic mass is 35.5. The van der Waals surface area contributed by atoms with Crippen molar-refractivity contribution in [1.82, 2.24) is 19.6 Å². The number of aryl methyl sites for hydroxylation is 1. The molecule has 0 aliphatic heterocycles. The Morgan fingerprint density at radius 2 is 1.97 bits per heavy atom. The zero-order chi connectivity index (χ0) is 21.3. The summed E-state index contributed by atoms with van der Waals surface area (Å²) < 4.78 is 41.1. The largest absolute Gasteiger partial charge is 0.435 e. The molecular weight excluding hydrogens is 430 g/mol. The summed E-state index contributed by atoms with van der Waals surface area (Å²) >= 11 is 11.9. The summed E-state index contributed by atoms with van der Waals surface area (Å²) in [7, 11) is 0. The molecule has 1 aromatic carbocycles. The quantitative estimate of drug-likeness (QED) is 0.603. The van der Waals surface area contributed by atoms with Gasteiger partial charge in [0.25, 0.3) is 0 Å². The second kappa shape index (κ2) is 8.08. The molecule has 0 saturated carbocycles. The first kappa shape index (κ1) is 21.2. The van der Waals surface area contributed by atoms with Crippen molar-refractivity contribution in [1.29, 1.82) is 0 Å². The molecule has 0 aliphatic rings. The maximum atomic E-state index is 12.8. The first-order valence-electron chi connectivity index (χ1n) is 8.45. The Morgan fingerprint density at radius 1 is 1.24 bits per heavy atom. The van der Waals surface area contributed by atoms with E-state index in [1.54, 1.807) is 29.1 Å². The van der Waals surface area contributed by atoms with E-state index in [-0.39, 0.29) is 5.69 Å². The molecule has 0 fully saturated rings. The fourth-order valence-corrected chi connectivity index (χ4v) is 3.04. The molecule has 1 N–H and O–H groups in total. The molecule has 3 rings (SSSR count). The van der Waals surface area contributed by atoms with E-state index in [0.717, 1.165) is 16.3 Å². The standard InChI is InChI=1S/C18H16Cl2F3N5O/c1-10-5-16(18(21,22)23)26-28(10)11(2)17(29)25-13-7-24-27(9-13)8-12-3-4-14(19)15(20)6-12/h3-7,9,11H,8H2,1-2H3,(H,25,29). The van der Waals surface area contributed by atoms with Crippen molar-refractivity contribution in [2.24, 2.45) is 0 Å². The smallest absolute Gasteiger partial charge is 0.322 e. The van der Waals surface area contributed by atoms with E-state index in [9.17, 15) is 18.0 Å². The molecule has 0 bridgehead atoms. The highest BCUT2D eigenvalue weighted by molar-refractivity contribution is 6.42. The van der Waals surface area contributed by atoms with Gasteiger partial charge in [-0.05, 0) is 37.6 Å². The summed E-state index contributed by atoms with van der Waals surface area (Å²) in [6, 6.07) is 5.15. The van der Waals surface area contributed by atoms with Crippen molar-refractivity contribution in [2.75, 3.05) is 5.32 Å². The number of anilines is 1. The predicted octanol–water partition coefficient (Wildman–Crippen LogP) is 4.96. The Labute approximate surface area is 174 Å². The van der Waals surface area contributed by atoms with Gasteiger partial charge in [-0.15, -0.1) is 0 Å². The lowest BCUT2D eigenvalue weighted by Gasteiger charge is -2.13. The van der Waals surface area contributed by atoms with Gasteiger partial charge in [-0.1, -0.05) is 29.3 Å². The summed E-state index contributed by atoms with van der Waals surface area (Å²) in [5.41, 5.74) is 0.461. The van der Waals surface area contributed by atoms with Crippen LogP contribution in [0.15, 0.2) is 36.7 Å². The first-order chi connectivity index (χ1) is 13.5. The van der Waals surface area contributed by atoms with Gasteiger partial charge in [0.05, 0.1) is 28.5 Å². The number of halogens is 5. The molecule has 2 heterocycles. The average Bonchev–Trinajstić information content (AvgIpc) is 3.23. The molecule has 0 saturated heterocycles. The van der Waals surface area contributed by atoms with Gasteiger partial charge < -0.3 is 5.32 Å². The van der Waals surface area contributed by atoms with Crippen LogP contribution < -0.4 is 5.32 Å². The molecule has 0 aliphatic carbocycles. The van der Waals surface area contributed by atoms with Crippen LogP contribution in [-0.2, 0) is 17.5 Å². The average molecular weight is 446 g/mol. The molecule has 1 unspecified atom stereocenters. The summed E-state index contributed by atoms with van der Waals surface area (Å²) in [6.07, 6.45) is -1.53. The molecular formula is C18H16Cl2F3N5O. The van der Waals surface area contributed by atoms with E-state index in [4.69, 9.17) is 23.2 Å². The molecule has 2 aromatic heterocycles. The number of nitrogens with one attached hydrogen (secondary N) is 1. The SMILES string of the molecule is Cc1cc(C(F)(F)F)nn1C(C)C(=O)Nc1cnn(Cc2ccc(Cl)c(Cl)c2)c1. The van der Waals surface area contributed by atoms with E-state index >= 15 is 0 Å². The monoisotopic (exact) mass is 445 g/mol.